The van der Waals surface area contributed by atoms with E-state index in [1.165, 1.54) is 0 Å². The highest BCUT2D eigenvalue weighted by Gasteiger charge is 2.17. The van der Waals surface area contributed by atoms with Crippen LogP contribution in [0.4, 0.5) is 5.69 Å². The number of benzene rings is 2. The molecule has 0 aliphatic rings. The second kappa shape index (κ2) is 5.77. The van der Waals surface area contributed by atoms with E-state index in [2.05, 4.69) is 4.72 Å². The lowest BCUT2D eigenvalue weighted by molar-refractivity contribution is 0.411. The van der Waals surface area contributed by atoms with E-state index in [1.807, 2.05) is 39.0 Å². The van der Waals surface area contributed by atoms with E-state index in [1.54, 1.807) is 25.3 Å². The summed E-state index contributed by atoms with van der Waals surface area (Å²) in [5, 5.41) is 0. The first-order chi connectivity index (χ1) is 9.85. The SMILES string of the molecule is COc1ccc(S(=O)(=O)Nc2c(C)cccc2C)cc1C. The molecule has 2 aromatic carbocycles. The van der Waals surface area contributed by atoms with Gasteiger partial charge in [-0.2, -0.15) is 0 Å². The van der Waals surface area contributed by atoms with Crippen LogP contribution in [-0.2, 0) is 10.0 Å². The number of aryl methyl sites for hydroxylation is 3. The Balaban J connectivity index is 2.41. The van der Waals surface area contributed by atoms with Crippen molar-refractivity contribution in [2.75, 3.05) is 11.8 Å². The minimum absolute atomic E-state index is 0.225. The molecule has 0 spiro atoms. The number of hydrogen-bond donors (Lipinski definition) is 1. The molecule has 21 heavy (non-hydrogen) atoms. The fraction of sp³-hybridized carbons (Fsp3) is 0.250. The van der Waals surface area contributed by atoms with E-state index >= 15 is 0 Å². The van der Waals surface area contributed by atoms with Crippen molar-refractivity contribution in [2.45, 2.75) is 25.7 Å². The van der Waals surface area contributed by atoms with E-state index in [0.717, 1.165) is 16.7 Å². The van der Waals surface area contributed by atoms with Crippen LogP contribution in [0.1, 0.15) is 16.7 Å². The third-order valence-electron chi connectivity index (χ3n) is 3.39. The maximum absolute atomic E-state index is 12.5. The summed E-state index contributed by atoms with van der Waals surface area (Å²) in [5.74, 6) is 0.668. The molecule has 0 radical (unpaired) electrons. The molecule has 5 heteroatoms. The predicted octanol–water partition coefficient (Wildman–Crippen LogP) is 3.42. The van der Waals surface area contributed by atoms with Crippen LogP contribution in [0.25, 0.3) is 0 Å². The largest absolute Gasteiger partial charge is 0.496 e. The Bertz CT molecular complexity index is 747. The van der Waals surface area contributed by atoms with Crippen LogP contribution in [0, 0.1) is 20.8 Å². The van der Waals surface area contributed by atoms with Crippen LogP contribution >= 0.6 is 0 Å². The van der Waals surface area contributed by atoms with Gasteiger partial charge in [0.2, 0.25) is 0 Å². The summed E-state index contributed by atoms with van der Waals surface area (Å²) in [6, 6.07) is 10.5. The summed E-state index contributed by atoms with van der Waals surface area (Å²) < 4.78 is 32.8. The molecule has 0 heterocycles. The van der Waals surface area contributed by atoms with Crippen molar-refractivity contribution >= 4 is 15.7 Å². The van der Waals surface area contributed by atoms with Crippen LogP contribution in [-0.4, -0.2) is 15.5 Å². The number of nitrogens with one attached hydrogen (secondary N) is 1. The van der Waals surface area contributed by atoms with Gasteiger partial charge in [-0.15, -0.1) is 0 Å². The van der Waals surface area contributed by atoms with E-state index in [9.17, 15) is 8.42 Å². The summed E-state index contributed by atoms with van der Waals surface area (Å²) in [7, 11) is -2.05. The highest BCUT2D eigenvalue weighted by atomic mass is 32.2. The molecule has 0 amide bonds. The molecular formula is C16H19NO3S. The van der Waals surface area contributed by atoms with Gasteiger partial charge in [-0.3, -0.25) is 4.72 Å². The monoisotopic (exact) mass is 305 g/mol. The molecule has 0 saturated carbocycles. The van der Waals surface area contributed by atoms with Crippen LogP contribution in [0.2, 0.25) is 0 Å². The minimum atomic E-state index is -3.61. The molecule has 0 saturated heterocycles. The van der Waals surface area contributed by atoms with Gasteiger partial charge >= 0.3 is 0 Å². The topological polar surface area (TPSA) is 55.4 Å². The highest BCUT2D eigenvalue weighted by molar-refractivity contribution is 7.92. The summed E-state index contributed by atoms with van der Waals surface area (Å²) in [6.07, 6.45) is 0. The molecule has 0 aliphatic heterocycles. The average Bonchev–Trinajstić information content (AvgIpc) is 2.43. The van der Waals surface area contributed by atoms with Crippen molar-refractivity contribution in [1.29, 1.82) is 0 Å². The third kappa shape index (κ3) is 3.19. The number of methoxy groups -OCH3 is 1. The Morgan fingerprint density at radius 2 is 1.57 bits per heavy atom. The predicted molar refractivity (Wildman–Crippen MR) is 84.5 cm³/mol. The lowest BCUT2D eigenvalue weighted by atomic mass is 10.1. The van der Waals surface area contributed by atoms with E-state index in [-0.39, 0.29) is 4.90 Å². The second-order valence-electron chi connectivity index (χ2n) is 5.00. The Labute approximate surface area is 125 Å². The lowest BCUT2D eigenvalue weighted by Crippen LogP contribution is -2.15. The number of sulfonamides is 1. The number of para-hydroxylation sites is 1. The van der Waals surface area contributed by atoms with Gasteiger partial charge < -0.3 is 4.74 Å². The van der Waals surface area contributed by atoms with Crippen LogP contribution < -0.4 is 9.46 Å². The average molecular weight is 305 g/mol. The van der Waals surface area contributed by atoms with Gasteiger partial charge in [0.05, 0.1) is 17.7 Å². The fourth-order valence-corrected chi connectivity index (χ4v) is 3.47. The summed E-state index contributed by atoms with van der Waals surface area (Å²) >= 11 is 0. The van der Waals surface area contributed by atoms with Gasteiger partial charge in [0, 0.05) is 0 Å². The van der Waals surface area contributed by atoms with Crippen molar-refractivity contribution < 1.29 is 13.2 Å². The van der Waals surface area contributed by atoms with Crippen LogP contribution in [0.5, 0.6) is 5.75 Å². The Hall–Kier alpha value is -2.01. The van der Waals surface area contributed by atoms with Gasteiger partial charge in [0.25, 0.3) is 10.0 Å². The van der Waals surface area contributed by atoms with Gasteiger partial charge in [0.1, 0.15) is 5.75 Å². The number of rotatable bonds is 4. The summed E-state index contributed by atoms with van der Waals surface area (Å²) in [5.41, 5.74) is 3.19. The number of ether oxygens (including phenoxy) is 1. The van der Waals surface area contributed by atoms with E-state index in [4.69, 9.17) is 4.74 Å². The molecule has 0 aliphatic carbocycles. The standard InChI is InChI=1S/C16H19NO3S/c1-11-6-5-7-12(2)16(11)17-21(18,19)14-8-9-15(20-4)13(3)10-14/h5-10,17H,1-4H3. The molecule has 0 fully saturated rings. The van der Waals surface area contributed by atoms with Gasteiger partial charge in [-0.1, -0.05) is 18.2 Å². The zero-order valence-electron chi connectivity index (χ0n) is 12.6. The third-order valence-corrected chi connectivity index (χ3v) is 4.74. The summed E-state index contributed by atoms with van der Waals surface area (Å²) in [4.78, 5) is 0.225. The number of hydrogen-bond acceptors (Lipinski definition) is 3. The second-order valence-corrected chi connectivity index (χ2v) is 6.69. The molecule has 2 aromatic rings. The minimum Gasteiger partial charge on any atom is -0.496 e. The normalized spacial score (nSPS) is 11.2. The molecule has 0 unspecified atom stereocenters. The molecule has 2 rings (SSSR count). The van der Waals surface area contributed by atoms with Crippen molar-refractivity contribution in [3.8, 4) is 5.75 Å². The van der Waals surface area contributed by atoms with E-state index < -0.39 is 10.0 Å². The molecule has 0 aromatic heterocycles. The fourth-order valence-electron chi connectivity index (χ4n) is 2.19. The summed E-state index contributed by atoms with van der Waals surface area (Å²) in [6.45, 7) is 5.57. The van der Waals surface area contributed by atoms with Gasteiger partial charge in [-0.25, -0.2) is 8.42 Å². The Morgan fingerprint density at radius 1 is 0.952 bits per heavy atom. The van der Waals surface area contributed by atoms with Gasteiger partial charge in [-0.05, 0) is 55.7 Å². The van der Waals surface area contributed by atoms with Crippen molar-refractivity contribution in [1.82, 2.24) is 0 Å². The maximum atomic E-state index is 12.5. The zero-order valence-corrected chi connectivity index (χ0v) is 13.4. The quantitative estimate of drug-likeness (QED) is 0.941. The molecule has 0 bridgehead atoms. The van der Waals surface area contributed by atoms with Crippen molar-refractivity contribution in [2.24, 2.45) is 0 Å². The van der Waals surface area contributed by atoms with Crippen molar-refractivity contribution in [3.05, 3.63) is 53.1 Å². The van der Waals surface area contributed by atoms with Crippen LogP contribution in [0.15, 0.2) is 41.3 Å². The zero-order chi connectivity index (χ0) is 15.6. The Morgan fingerprint density at radius 3 is 2.10 bits per heavy atom. The molecule has 4 nitrogen and oxygen atoms in total. The first kappa shape index (κ1) is 15.4. The van der Waals surface area contributed by atoms with Crippen LogP contribution in [0.3, 0.4) is 0 Å². The maximum Gasteiger partial charge on any atom is 0.261 e. The first-order valence-electron chi connectivity index (χ1n) is 6.59. The molecule has 1 N–H and O–H groups in total. The van der Waals surface area contributed by atoms with E-state index in [0.29, 0.717) is 11.4 Å². The molecule has 112 valence electrons. The lowest BCUT2D eigenvalue weighted by Gasteiger charge is -2.14. The highest BCUT2D eigenvalue weighted by Crippen LogP contribution is 2.26. The van der Waals surface area contributed by atoms with Crippen molar-refractivity contribution in [3.63, 3.8) is 0 Å². The molecular weight excluding hydrogens is 286 g/mol. The number of anilines is 1. The molecule has 0 atom stereocenters. The first-order valence-corrected chi connectivity index (χ1v) is 8.07. The Kier molecular flexibility index (Phi) is 4.23. The smallest absolute Gasteiger partial charge is 0.261 e. The van der Waals surface area contributed by atoms with Gasteiger partial charge in [0.15, 0.2) is 0 Å².